The van der Waals surface area contributed by atoms with Crippen LogP contribution in [-0.2, 0) is 11.3 Å². The summed E-state index contributed by atoms with van der Waals surface area (Å²) in [6, 6.07) is 4.63. The number of rotatable bonds is 6. The highest BCUT2D eigenvalue weighted by Crippen LogP contribution is 2.38. The maximum Gasteiger partial charge on any atom is 0.407 e. The first-order valence-electron chi connectivity index (χ1n) is 12.3. The number of pyridine rings is 1. The van der Waals surface area contributed by atoms with Crippen LogP contribution in [0.5, 0.6) is 0 Å². The fourth-order valence-electron chi connectivity index (χ4n) is 5.67. The number of carbonyl (C=O) groups excluding carboxylic acids is 1. The molecule has 2 aliphatic rings. The van der Waals surface area contributed by atoms with Crippen molar-refractivity contribution in [1.82, 2.24) is 24.8 Å². The standard InChI is InChI=1S/C25H32N6O2/c26-12-10-17-6-8-19(9-7-17)31-22(16-33-25(32)29-14-18-4-2-1-3-5-18)30-21-15-28-24-20(23(21)31)11-13-27-24/h11,13,15,17-19H,1-10,14,16H2,(H,27,28)(H,29,32). The molecule has 2 fully saturated rings. The van der Waals surface area contributed by atoms with Crippen LogP contribution in [0.15, 0.2) is 18.5 Å². The van der Waals surface area contributed by atoms with E-state index >= 15 is 0 Å². The van der Waals surface area contributed by atoms with Crippen molar-refractivity contribution < 1.29 is 9.53 Å². The van der Waals surface area contributed by atoms with Crippen LogP contribution in [0.1, 0.15) is 76.1 Å². The molecule has 5 rings (SSSR count). The van der Waals surface area contributed by atoms with Gasteiger partial charge in [-0.25, -0.2) is 14.8 Å². The summed E-state index contributed by atoms with van der Waals surface area (Å²) in [5, 5.41) is 13.1. The summed E-state index contributed by atoms with van der Waals surface area (Å²) in [5.41, 5.74) is 2.70. The van der Waals surface area contributed by atoms with E-state index < -0.39 is 0 Å². The van der Waals surface area contributed by atoms with Gasteiger partial charge in [0, 0.05) is 30.6 Å². The molecule has 8 nitrogen and oxygen atoms in total. The Labute approximate surface area is 193 Å². The fraction of sp³-hybridized carbons (Fsp3) is 0.600. The first-order chi connectivity index (χ1) is 16.2. The van der Waals surface area contributed by atoms with Crippen LogP contribution < -0.4 is 5.32 Å². The van der Waals surface area contributed by atoms with Crippen molar-refractivity contribution in [3.8, 4) is 6.07 Å². The largest absolute Gasteiger partial charge is 0.441 e. The average molecular weight is 449 g/mol. The minimum Gasteiger partial charge on any atom is -0.441 e. The molecule has 1 amide bonds. The minimum absolute atomic E-state index is 0.134. The minimum atomic E-state index is -0.373. The van der Waals surface area contributed by atoms with E-state index in [1.54, 1.807) is 6.20 Å². The Hall–Kier alpha value is -3.08. The van der Waals surface area contributed by atoms with Crippen molar-refractivity contribution in [2.45, 2.75) is 76.9 Å². The summed E-state index contributed by atoms with van der Waals surface area (Å²) in [7, 11) is 0. The summed E-state index contributed by atoms with van der Waals surface area (Å²) in [6.07, 6.45) is 14.2. The van der Waals surface area contributed by atoms with Crippen molar-refractivity contribution in [3.05, 3.63) is 24.3 Å². The summed E-state index contributed by atoms with van der Waals surface area (Å²) in [6.45, 7) is 0.821. The number of fused-ring (bicyclic) bond motifs is 3. The maximum atomic E-state index is 12.4. The molecule has 0 atom stereocenters. The average Bonchev–Trinajstić information content (AvgIpc) is 3.47. The van der Waals surface area contributed by atoms with Crippen LogP contribution in [0.3, 0.4) is 0 Å². The number of aromatic nitrogens is 4. The molecule has 3 heterocycles. The normalized spacial score (nSPS) is 21.8. The van der Waals surface area contributed by atoms with Gasteiger partial charge in [-0.3, -0.25) is 0 Å². The van der Waals surface area contributed by atoms with Crippen LogP contribution in [0, 0.1) is 23.2 Å². The van der Waals surface area contributed by atoms with Gasteiger partial charge in [-0.15, -0.1) is 0 Å². The van der Waals surface area contributed by atoms with Gasteiger partial charge in [-0.1, -0.05) is 19.3 Å². The summed E-state index contributed by atoms with van der Waals surface area (Å²) in [4.78, 5) is 24.9. The molecule has 3 aromatic rings. The molecule has 0 aromatic carbocycles. The van der Waals surface area contributed by atoms with Crippen molar-refractivity contribution in [3.63, 3.8) is 0 Å². The number of ether oxygens (including phenoxy) is 1. The molecule has 0 saturated heterocycles. The number of alkyl carbamates (subject to hydrolysis) is 1. The topological polar surface area (TPSA) is 109 Å². The smallest absolute Gasteiger partial charge is 0.407 e. The quantitative estimate of drug-likeness (QED) is 0.527. The first kappa shape index (κ1) is 21.7. The van der Waals surface area contributed by atoms with Crippen LogP contribution >= 0.6 is 0 Å². The predicted octanol–water partition coefficient (Wildman–Crippen LogP) is 5.36. The molecule has 33 heavy (non-hydrogen) atoms. The van der Waals surface area contributed by atoms with E-state index in [-0.39, 0.29) is 18.7 Å². The number of hydrogen-bond donors (Lipinski definition) is 2. The maximum absolute atomic E-state index is 12.4. The zero-order chi connectivity index (χ0) is 22.6. The lowest BCUT2D eigenvalue weighted by Gasteiger charge is -2.29. The molecule has 2 N–H and O–H groups in total. The molecule has 0 radical (unpaired) electrons. The van der Waals surface area contributed by atoms with Gasteiger partial charge in [0.25, 0.3) is 0 Å². The van der Waals surface area contributed by atoms with Crippen LogP contribution in [-0.4, -0.2) is 32.2 Å². The molecule has 8 heteroatoms. The van der Waals surface area contributed by atoms with Crippen LogP contribution in [0.25, 0.3) is 22.1 Å². The Morgan fingerprint density at radius 2 is 2.00 bits per heavy atom. The van der Waals surface area contributed by atoms with E-state index in [0.717, 1.165) is 53.6 Å². The highest BCUT2D eigenvalue weighted by molar-refractivity contribution is 6.01. The van der Waals surface area contributed by atoms with Crippen LogP contribution in [0.2, 0.25) is 0 Å². The predicted molar refractivity (Wildman–Crippen MR) is 125 cm³/mol. The molecule has 2 aliphatic carbocycles. The highest BCUT2D eigenvalue weighted by Gasteiger charge is 2.27. The second-order valence-electron chi connectivity index (χ2n) is 9.63. The molecule has 3 aromatic heterocycles. The number of imidazole rings is 1. The molecular formula is C25H32N6O2. The van der Waals surface area contributed by atoms with Gasteiger partial charge in [0.2, 0.25) is 0 Å². The van der Waals surface area contributed by atoms with Gasteiger partial charge in [-0.2, -0.15) is 5.26 Å². The molecule has 2 saturated carbocycles. The lowest BCUT2D eigenvalue weighted by Crippen LogP contribution is -2.31. The summed E-state index contributed by atoms with van der Waals surface area (Å²) in [5.74, 6) is 1.80. The molecular weight excluding hydrogens is 416 g/mol. The lowest BCUT2D eigenvalue weighted by atomic mass is 9.84. The number of nitrogens with one attached hydrogen (secondary N) is 2. The molecule has 0 unspecified atom stereocenters. The Kier molecular flexibility index (Phi) is 6.47. The van der Waals surface area contributed by atoms with Crippen molar-refractivity contribution in [2.75, 3.05) is 6.54 Å². The highest BCUT2D eigenvalue weighted by atomic mass is 16.5. The van der Waals surface area contributed by atoms with E-state index in [9.17, 15) is 4.79 Å². The van der Waals surface area contributed by atoms with E-state index in [1.807, 2.05) is 12.3 Å². The first-order valence-corrected chi connectivity index (χ1v) is 12.3. The number of hydrogen-bond acceptors (Lipinski definition) is 5. The van der Waals surface area contributed by atoms with E-state index in [2.05, 4.69) is 25.9 Å². The van der Waals surface area contributed by atoms with Gasteiger partial charge < -0.3 is 19.6 Å². The molecule has 0 spiro atoms. The number of carbonyl (C=O) groups is 1. The van der Waals surface area contributed by atoms with Crippen LogP contribution in [0.4, 0.5) is 4.79 Å². The summed E-state index contributed by atoms with van der Waals surface area (Å²) >= 11 is 0. The lowest BCUT2D eigenvalue weighted by molar-refractivity contribution is 0.131. The second-order valence-corrected chi connectivity index (χ2v) is 9.63. The molecule has 0 bridgehead atoms. The third kappa shape index (κ3) is 4.68. The van der Waals surface area contributed by atoms with Gasteiger partial charge in [0.05, 0.1) is 17.8 Å². The Morgan fingerprint density at radius 3 is 2.79 bits per heavy atom. The Morgan fingerprint density at radius 1 is 1.18 bits per heavy atom. The fourth-order valence-corrected chi connectivity index (χ4v) is 5.67. The molecule has 174 valence electrons. The number of nitrogens with zero attached hydrogens (tertiary/aromatic N) is 4. The zero-order valence-electron chi connectivity index (χ0n) is 19.1. The number of nitriles is 1. The monoisotopic (exact) mass is 448 g/mol. The summed E-state index contributed by atoms with van der Waals surface area (Å²) < 4.78 is 7.90. The second kappa shape index (κ2) is 9.82. The van der Waals surface area contributed by atoms with Gasteiger partial charge in [-0.05, 0) is 56.4 Å². The SMILES string of the molecule is N#CCC1CCC(n2c(COC(=O)NCC3CCCCC3)nc3cnc4[nH]ccc4c32)CC1. The number of aromatic amines is 1. The van der Waals surface area contributed by atoms with Gasteiger partial charge in [0.15, 0.2) is 6.61 Å². The Bertz CT molecular complexity index is 1150. The van der Waals surface area contributed by atoms with E-state index in [4.69, 9.17) is 15.0 Å². The third-order valence-electron chi connectivity index (χ3n) is 7.46. The van der Waals surface area contributed by atoms with Crippen molar-refractivity contribution >= 4 is 28.2 Å². The number of H-pyrrole nitrogens is 1. The Balaban J connectivity index is 1.34. The third-order valence-corrected chi connectivity index (χ3v) is 7.46. The van der Waals surface area contributed by atoms with Crippen molar-refractivity contribution in [2.24, 2.45) is 11.8 Å². The van der Waals surface area contributed by atoms with E-state index in [0.29, 0.717) is 24.8 Å². The van der Waals surface area contributed by atoms with Gasteiger partial charge >= 0.3 is 6.09 Å². The van der Waals surface area contributed by atoms with E-state index in [1.165, 1.54) is 32.1 Å². The van der Waals surface area contributed by atoms with Gasteiger partial charge in [0.1, 0.15) is 17.0 Å². The van der Waals surface area contributed by atoms with Crippen molar-refractivity contribution in [1.29, 1.82) is 5.26 Å². The zero-order valence-corrected chi connectivity index (χ0v) is 19.1. The number of amides is 1. The molecule has 0 aliphatic heterocycles.